The summed E-state index contributed by atoms with van der Waals surface area (Å²) in [5.41, 5.74) is 0. The second kappa shape index (κ2) is 18.2. The van der Waals surface area contributed by atoms with Crippen molar-refractivity contribution in [3.8, 4) is 0 Å². The lowest BCUT2D eigenvalue weighted by atomic mass is 10.1. The molecule has 0 rings (SSSR count). The maximum absolute atomic E-state index is 12.4. The minimum Gasteiger partial charge on any atom is -0.480 e. The molecule has 0 spiro atoms. The first-order valence-electron chi connectivity index (χ1n) is 11.9. The number of hydrogen-bond acceptors (Lipinski definition) is 4. The van der Waals surface area contributed by atoms with E-state index in [2.05, 4.69) is 18.8 Å². The highest BCUT2D eigenvalue weighted by atomic mass is 32.2. The van der Waals surface area contributed by atoms with Gasteiger partial charge in [0.2, 0.25) is 15.9 Å². The van der Waals surface area contributed by atoms with Gasteiger partial charge in [0.15, 0.2) is 0 Å². The van der Waals surface area contributed by atoms with Crippen molar-refractivity contribution in [1.82, 2.24) is 9.62 Å². The number of hydrogen-bond donors (Lipinski definition) is 2. The van der Waals surface area contributed by atoms with Gasteiger partial charge in [-0.05, 0) is 32.1 Å². The normalized spacial score (nSPS) is 12.6. The number of sulfonamides is 1. The van der Waals surface area contributed by atoms with Crippen LogP contribution in [0.25, 0.3) is 0 Å². The molecule has 0 aliphatic rings. The Morgan fingerprint density at radius 1 is 0.968 bits per heavy atom. The number of nitrogens with one attached hydrogen (secondary N) is 1. The highest BCUT2D eigenvalue weighted by molar-refractivity contribution is 7.89. The molecule has 1 unspecified atom stereocenters. The number of amides is 1. The highest BCUT2D eigenvalue weighted by Gasteiger charge is 2.22. The standard InChI is InChI=1S/C23H44N2O5S/c1-4-7-9-10-11-12-13-17-22(26)24-21(23(27)28)16-14-15-19-25(18-6-3)31(29,30)20-8-5-2/h6,21H,3-5,7-20H2,1-2H3,(H,24,26)(H,27,28). The van der Waals surface area contributed by atoms with Crippen molar-refractivity contribution >= 4 is 21.9 Å². The van der Waals surface area contributed by atoms with Crippen LogP contribution >= 0.6 is 0 Å². The molecule has 1 atom stereocenters. The molecule has 0 aromatic heterocycles. The lowest BCUT2D eigenvalue weighted by molar-refractivity contribution is -0.142. The van der Waals surface area contributed by atoms with Gasteiger partial charge in [-0.3, -0.25) is 4.79 Å². The molecule has 8 heteroatoms. The van der Waals surface area contributed by atoms with Crippen LogP contribution in [0.3, 0.4) is 0 Å². The molecule has 0 aromatic rings. The molecule has 7 nitrogen and oxygen atoms in total. The van der Waals surface area contributed by atoms with Crippen molar-refractivity contribution in [2.24, 2.45) is 0 Å². The molecular weight excluding hydrogens is 416 g/mol. The topological polar surface area (TPSA) is 104 Å². The van der Waals surface area contributed by atoms with Gasteiger partial charge in [-0.15, -0.1) is 6.58 Å². The molecule has 0 heterocycles. The van der Waals surface area contributed by atoms with E-state index in [9.17, 15) is 23.1 Å². The predicted molar refractivity (Wildman–Crippen MR) is 126 cm³/mol. The molecule has 0 bridgehead atoms. The summed E-state index contributed by atoms with van der Waals surface area (Å²) in [6, 6.07) is -0.929. The minimum atomic E-state index is -3.33. The van der Waals surface area contributed by atoms with Crippen LogP contribution < -0.4 is 5.32 Å². The zero-order valence-electron chi connectivity index (χ0n) is 19.6. The molecule has 0 saturated carbocycles. The summed E-state index contributed by atoms with van der Waals surface area (Å²) < 4.78 is 26.2. The Morgan fingerprint density at radius 3 is 2.16 bits per heavy atom. The Balaban J connectivity index is 4.30. The number of carboxylic acid groups (broad SMARTS) is 1. The first kappa shape index (κ1) is 29.6. The molecule has 182 valence electrons. The lowest BCUT2D eigenvalue weighted by Crippen LogP contribution is -2.40. The van der Waals surface area contributed by atoms with E-state index in [4.69, 9.17) is 0 Å². The maximum Gasteiger partial charge on any atom is 0.326 e. The van der Waals surface area contributed by atoms with E-state index >= 15 is 0 Å². The van der Waals surface area contributed by atoms with E-state index in [1.807, 2.05) is 6.92 Å². The number of nitrogens with zero attached hydrogens (tertiary/aromatic N) is 1. The molecule has 0 aromatic carbocycles. The number of carbonyl (C=O) groups is 2. The molecule has 1 amide bonds. The van der Waals surface area contributed by atoms with E-state index in [0.29, 0.717) is 32.2 Å². The third kappa shape index (κ3) is 15.1. The second-order valence-electron chi connectivity index (χ2n) is 8.14. The fourth-order valence-corrected chi connectivity index (χ4v) is 5.00. The van der Waals surface area contributed by atoms with Crippen molar-refractivity contribution in [2.45, 2.75) is 103 Å². The van der Waals surface area contributed by atoms with Crippen LogP contribution in [0.1, 0.15) is 97.3 Å². The maximum atomic E-state index is 12.4. The second-order valence-corrected chi connectivity index (χ2v) is 10.2. The van der Waals surface area contributed by atoms with Crippen LogP contribution in [0.5, 0.6) is 0 Å². The Labute approximate surface area is 189 Å². The largest absolute Gasteiger partial charge is 0.480 e. The van der Waals surface area contributed by atoms with E-state index in [1.165, 1.54) is 30.0 Å². The van der Waals surface area contributed by atoms with E-state index < -0.39 is 22.0 Å². The summed E-state index contributed by atoms with van der Waals surface area (Å²) >= 11 is 0. The van der Waals surface area contributed by atoms with Gasteiger partial charge in [0.1, 0.15) is 6.04 Å². The van der Waals surface area contributed by atoms with Gasteiger partial charge in [-0.25, -0.2) is 13.2 Å². The van der Waals surface area contributed by atoms with Gasteiger partial charge < -0.3 is 10.4 Å². The molecule has 0 radical (unpaired) electrons. The summed E-state index contributed by atoms with van der Waals surface area (Å²) in [7, 11) is -3.33. The molecule has 31 heavy (non-hydrogen) atoms. The Hall–Kier alpha value is -1.41. The summed E-state index contributed by atoms with van der Waals surface area (Å²) in [4.78, 5) is 23.6. The van der Waals surface area contributed by atoms with Crippen molar-refractivity contribution in [3.05, 3.63) is 12.7 Å². The van der Waals surface area contributed by atoms with Crippen molar-refractivity contribution < 1.29 is 23.1 Å². The highest BCUT2D eigenvalue weighted by Crippen LogP contribution is 2.11. The Bertz CT molecular complexity index is 607. The van der Waals surface area contributed by atoms with Crippen LogP contribution in [0.15, 0.2) is 12.7 Å². The average Bonchev–Trinajstić information content (AvgIpc) is 2.72. The third-order valence-corrected chi connectivity index (χ3v) is 7.20. The Kier molecular flexibility index (Phi) is 17.4. The van der Waals surface area contributed by atoms with Crippen LogP contribution in [0, 0.1) is 0 Å². The summed E-state index contributed by atoms with van der Waals surface area (Å²) in [5, 5.41) is 12.0. The van der Waals surface area contributed by atoms with Crippen LogP contribution in [0.4, 0.5) is 0 Å². The van der Waals surface area contributed by atoms with E-state index in [1.54, 1.807) is 6.08 Å². The van der Waals surface area contributed by atoms with Gasteiger partial charge >= 0.3 is 5.97 Å². The zero-order chi connectivity index (χ0) is 23.5. The zero-order valence-corrected chi connectivity index (χ0v) is 20.4. The average molecular weight is 461 g/mol. The molecule has 0 fully saturated rings. The van der Waals surface area contributed by atoms with Gasteiger partial charge in [0, 0.05) is 19.5 Å². The summed E-state index contributed by atoms with van der Waals surface area (Å²) in [5.74, 6) is -1.16. The van der Waals surface area contributed by atoms with Crippen LogP contribution in [-0.2, 0) is 19.6 Å². The predicted octanol–water partition coefficient (Wildman–Crippen LogP) is 4.48. The minimum absolute atomic E-state index is 0.115. The number of carboxylic acids is 1. The fraction of sp³-hybridized carbons (Fsp3) is 0.826. The third-order valence-electron chi connectivity index (χ3n) is 5.27. The Morgan fingerprint density at radius 2 is 1.58 bits per heavy atom. The lowest BCUT2D eigenvalue weighted by Gasteiger charge is -2.21. The summed E-state index contributed by atoms with van der Waals surface area (Å²) in [6.07, 6.45) is 12.4. The quantitative estimate of drug-likeness (QED) is 0.194. The van der Waals surface area contributed by atoms with Crippen molar-refractivity contribution in [2.75, 3.05) is 18.8 Å². The fourth-order valence-electron chi connectivity index (χ4n) is 3.35. The first-order valence-corrected chi connectivity index (χ1v) is 13.5. The van der Waals surface area contributed by atoms with E-state index in [0.717, 1.165) is 25.7 Å². The molecule has 0 aliphatic heterocycles. The number of unbranched alkanes of at least 4 members (excludes halogenated alkanes) is 8. The van der Waals surface area contributed by atoms with Crippen molar-refractivity contribution in [3.63, 3.8) is 0 Å². The monoisotopic (exact) mass is 460 g/mol. The van der Waals surface area contributed by atoms with Crippen LogP contribution in [-0.4, -0.2) is 54.6 Å². The SMILES string of the molecule is C=CCN(CCCCC(NC(=O)CCCCCCCCC)C(=O)O)S(=O)(=O)CCCC. The van der Waals surface area contributed by atoms with E-state index in [-0.39, 0.29) is 24.6 Å². The van der Waals surface area contributed by atoms with Crippen molar-refractivity contribution in [1.29, 1.82) is 0 Å². The smallest absolute Gasteiger partial charge is 0.326 e. The number of rotatable bonds is 21. The number of carbonyl (C=O) groups excluding carboxylic acids is 1. The van der Waals surface area contributed by atoms with Gasteiger partial charge in [-0.2, -0.15) is 4.31 Å². The number of aliphatic carboxylic acids is 1. The summed E-state index contributed by atoms with van der Waals surface area (Å²) in [6.45, 7) is 8.33. The molecule has 2 N–H and O–H groups in total. The molecule has 0 aliphatic carbocycles. The van der Waals surface area contributed by atoms with Gasteiger partial charge in [0.25, 0.3) is 0 Å². The molecule has 0 saturated heterocycles. The van der Waals surface area contributed by atoms with Gasteiger partial charge in [0.05, 0.1) is 5.75 Å². The molecular formula is C23H44N2O5S. The first-order chi connectivity index (χ1) is 14.8. The van der Waals surface area contributed by atoms with Gasteiger partial charge in [-0.1, -0.05) is 64.9 Å². The van der Waals surface area contributed by atoms with Crippen LogP contribution in [0.2, 0.25) is 0 Å².